The van der Waals surface area contributed by atoms with Crippen molar-refractivity contribution < 1.29 is 18.8 Å². The summed E-state index contributed by atoms with van der Waals surface area (Å²) in [6, 6.07) is 20.9. The van der Waals surface area contributed by atoms with Crippen LogP contribution in [0.5, 0.6) is 11.5 Å². The molecule has 0 saturated carbocycles. The van der Waals surface area contributed by atoms with Crippen LogP contribution in [0.25, 0.3) is 22.3 Å². The molecule has 10 heteroatoms. The molecule has 0 unspecified atom stereocenters. The van der Waals surface area contributed by atoms with E-state index in [2.05, 4.69) is 18.9 Å². The van der Waals surface area contributed by atoms with Crippen molar-refractivity contribution in [3.63, 3.8) is 0 Å². The Hall–Kier alpha value is -5.38. The lowest BCUT2D eigenvalue weighted by molar-refractivity contribution is -0.384. The number of nitro benzene ring substituents is 1. The molecular formula is C34H31FN4O5. The first-order valence-corrected chi connectivity index (χ1v) is 14.2. The lowest BCUT2D eigenvalue weighted by Gasteiger charge is -2.18. The Morgan fingerprint density at radius 3 is 2.55 bits per heavy atom. The van der Waals surface area contributed by atoms with Gasteiger partial charge in [-0.15, -0.1) is 0 Å². The minimum absolute atomic E-state index is 0.0164. The number of nitrogens with zero attached hydrogens (tertiary/aromatic N) is 4. The van der Waals surface area contributed by atoms with E-state index in [9.17, 15) is 19.3 Å². The molecule has 1 aromatic heterocycles. The molecule has 44 heavy (non-hydrogen) atoms. The van der Waals surface area contributed by atoms with Crippen molar-refractivity contribution in [1.82, 2.24) is 9.66 Å². The molecule has 0 amide bonds. The molecule has 0 bridgehead atoms. The lowest BCUT2D eigenvalue weighted by atomic mass is 9.96. The van der Waals surface area contributed by atoms with Crippen molar-refractivity contribution in [2.75, 3.05) is 6.61 Å². The number of ether oxygens (including phenoxy) is 2. The normalized spacial score (nSPS) is 11.4. The van der Waals surface area contributed by atoms with Gasteiger partial charge in [-0.2, -0.15) is 9.78 Å². The highest BCUT2D eigenvalue weighted by molar-refractivity contribution is 5.85. The van der Waals surface area contributed by atoms with Crippen molar-refractivity contribution in [2.24, 2.45) is 5.10 Å². The molecule has 0 aliphatic carbocycles. The summed E-state index contributed by atoms with van der Waals surface area (Å²) in [5.74, 6) is 1.06. The quantitative estimate of drug-likeness (QED) is 0.0947. The largest absolute Gasteiger partial charge is 0.494 e. The van der Waals surface area contributed by atoms with Gasteiger partial charge in [0.05, 0.1) is 28.6 Å². The molecule has 0 spiro atoms. The lowest BCUT2D eigenvalue weighted by Crippen LogP contribution is -2.21. The highest BCUT2D eigenvalue weighted by Crippen LogP contribution is 2.34. The molecule has 0 N–H and O–H groups in total. The third-order valence-corrected chi connectivity index (χ3v) is 7.07. The van der Waals surface area contributed by atoms with E-state index < -0.39 is 16.3 Å². The topological polar surface area (TPSA) is 109 Å². The van der Waals surface area contributed by atoms with Crippen LogP contribution in [0.1, 0.15) is 48.9 Å². The summed E-state index contributed by atoms with van der Waals surface area (Å²) >= 11 is 0. The zero-order valence-electron chi connectivity index (χ0n) is 24.8. The van der Waals surface area contributed by atoms with Crippen molar-refractivity contribution >= 4 is 22.8 Å². The third-order valence-electron chi connectivity index (χ3n) is 7.07. The Morgan fingerprint density at radius 2 is 1.82 bits per heavy atom. The summed E-state index contributed by atoms with van der Waals surface area (Å²) in [5, 5.41) is 16.5. The van der Waals surface area contributed by atoms with E-state index in [1.807, 2.05) is 32.0 Å². The Bertz CT molecular complexity index is 1950. The standard InChI is InChI=1S/C34H31FN4O5/c1-5-43-32-15-22(4)29(18-28(32)21(2)3)33-37-30-12-7-6-11-27(30)34(40)38(33)36-19-24-17-26(39(41)42)13-14-31(24)44-20-23-9-8-10-25(35)16-23/h6-19,21H,5,20H2,1-4H3. The van der Waals surface area contributed by atoms with Crippen LogP contribution in [0.2, 0.25) is 0 Å². The predicted octanol–water partition coefficient (Wildman–Crippen LogP) is 7.40. The molecule has 0 atom stereocenters. The summed E-state index contributed by atoms with van der Waals surface area (Å²) in [5.41, 5.74) is 3.23. The second-order valence-electron chi connectivity index (χ2n) is 10.5. The van der Waals surface area contributed by atoms with Gasteiger partial charge in [0.1, 0.15) is 23.9 Å². The third kappa shape index (κ3) is 6.34. The summed E-state index contributed by atoms with van der Waals surface area (Å²) in [4.78, 5) is 29.8. The molecule has 1 heterocycles. The van der Waals surface area contributed by atoms with Crippen molar-refractivity contribution in [3.8, 4) is 22.9 Å². The Kier molecular flexibility index (Phi) is 8.80. The maximum absolute atomic E-state index is 13.9. The minimum atomic E-state index is -0.528. The van der Waals surface area contributed by atoms with Gasteiger partial charge >= 0.3 is 0 Å². The van der Waals surface area contributed by atoms with Crippen LogP contribution in [0, 0.1) is 22.9 Å². The molecule has 0 fully saturated rings. The minimum Gasteiger partial charge on any atom is -0.494 e. The van der Waals surface area contributed by atoms with Gasteiger partial charge in [-0.25, -0.2) is 9.37 Å². The highest BCUT2D eigenvalue weighted by Gasteiger charge is 2.19. The van der Waals surface area contributed by atoms with E-state index in [1.54, 1.807) is 30.3 Å². The number of hydrogen-bond donors (Lipinski definition) is 0. The fourth-order valence-corrected chi connectivity index (χ4v) is 4.87. The smallest absolute Gasteiger partial charge is 0.282 e. The molecule has 5 rings (SSSR count). The monoisotopic (exact) mass is 594 g/mol. The number of aromatic nitrogens is 2. The average Bonchev–Trinajstić information content (AvgIpc) is 3.00. The number of nitro groups is 1. The zero-order chi connectivity index (χ0) is 31.4. The molecule has 0 radical (unpaired) electrons. The van der Waals surface area contributed by atoms with Gasteiger partial charge in [-0.05, 0) is 78.9 Å². The molecule has 0 aliphatic rings. The van der Waals surface area contributed by atoms with Gasteiger partial charge < -0.3 is 9.47 Å². The second kappa shape index (κ2) is 12.9. The van der Waals surface area contributed by atoms with Gasteiger partial charge in [-0.3, -0.25) is 14.9 Å². The molecule has 9 nitrogen and oxygen atoms in total. The number of halogens is 1. The zero-order valence-corrected chi connectivity index (χ0v) is 24.8. The van der Waals surface area contributed by atoms with Crippen LogP contribution in [-0.4, -0.2) is 27.4 Å². The van der Waals surface area contributed by atoms with Crippen LogP contribution in [0.3, 0.4) is 0 Å². The molecule has 5 aromatic rings. The predicted molar refractivity (Wildman–Crippen MR) is 168 cm³/mol. The van der Waals surface area contributed by atoms with Gasteiger partial charge in [0, 0.05) is 23.3 Å². The van der Waals surface area contributed by atoms with Crippen LogP contribution in [0.15, 0.2) is 88.8 Å². The Balaban J connectivity index is 1.66. The van der Waals surface area contributed by atoms with Crippen molar-refractivity contribution in [3.05, 3.63) is 127 Å². The second-order valence-corrected chi connectivity index (χ2v) is 10.5. The SMILES string of the molecule is CCOc1cc(C)c(-c2nc3ccccc3c(=O)n2N=Cc2cc([N+](=O)[O-])ccc2OCc2cccc(F)c2)cc1C(C)C. The number of rotatable bonds is 10. The molecule has 0 aliphatic heterocycles. The average molecular weight is 595 g/mol. The van der Waals surface area contributed by atoms with Gasteiger partial charge in [0.2, 0.25) is 0 Å². The molecular weight excluding hydrogens is 563 g/mol. The Morgan fingerprint density at radius 1 is 1.02 bits per heavy atom. The highest BCUT2D eigenvalue weighted by atomic mass is 19.1. The number of non-ortho nitro benzene ring substituents is 1. The van der Waals surface area contributed by atoms with E-state index in [4.69, 9.17) is 14.5 Å². The van der Waals surface area contributed by atoms with E-state index in [-0.39, 0.29) is 29.5 Å². The summed E-state index contributed by atoms with van der Waals surface area (Å²) in [6.45, 7) is 8.48. The number of benzene rings is 4. The van der Waals surface area contributed by atoms with Crippen LogP contribution in [0.4, 0.5) is 10.1 Å². The first-order chi connectivity index (χ1) is 21.2. The van der Waals surface area contributed by atoms with Gasteiger partial charge in [0.25, 0.3) is 11.2 Å². The summed E-state index contributed by atoms with van der Waals surface area (Å²) in [7, 11) is 0. The maximum atomic E-state index is 13.9. The maximum Gasteiger partial charge on any atom is 0.282 e. The van der Waals surface area contributed by atoms with E-state index >= 15 is 0 Å². The van der Waals surface area contributed by atoms with Crippen LogP contribution in [-0.2, 0) is 6.61 Å². The van der Waals surface area contributed by atoms with E-state index in [1.165, 1.54) is 41.2 Å². The van der Waals surface area contributed by atoms with E-state index in [0.29, 0.717) is 34.5 Å². The molecule has 224 valence electrons. The van der Waals surface area contributed by atoms with Crippen molar-refractivity contribution in [2.45, 2.75) is 40.2 Å². The summed E-state index contributed by atoms with van der Waals surface area (Å²) in [6.07, 6.45) is 1.34. The fraction of sp³-hybridized carbons (Fsp3) is 0.206. The molecule has 0 saturated heterocycles. The first kappa shape index (κ1) is 30.1. The number of fused-ring (bicyclic) bond motifs is 1. The van der Waals surface area contributed by atoms with Crippen molar-refractivity contribution in [1.29, 1.82) is 0 Å². The number of hydrogen-bond acceptors (Lipinski definition) is 7. The Labute approximate surface area is 253 Å². The van der Waals surface area contributed by atoms with Gasteiger partial charge in [-0.1, -0.05) is 38.1 Å². The van der Waals surface area contributed by atoms with Crippen LogP contribution < -0.4 is 15.0 Å². The van der Waals surface area contributed by atoms with Crippen LogP contribution >= 0.6 is 0 Å². The summed E-state index contributed by atoms with van der Waals surface area (Å²) < 4.78 is 26.7. The van der Waals surface area contributed by atoms with E-state index in [0.717, 1.165) is 16.9 Å². The molecule has 4 aromatic carbocycles. The first-order valence-electron chi connectivity index (χ1n) is 14.2. The van der Waals surface area contributed by atoms with Gasteiger partial charge in [0.15, 0.2) is 5.82 Å². The fourth-order valence-electron chi connectivity index (χ4n) is 4.87. The number of para-hydroxylation sites is 1. The number of aryl methyl sites for hydroxylation is 1.